The maximum atomic E-state index is 12.2. The Morgan fingerprint density at radius 3 is 2.62 bits per heavy atom. The molecular weight excluding hydrogens is 400 g/mol. The fourth-order valence-corrected chi connectivity index (χ4v) is 8.30. The third kappa shape index (κ3) is 2.92. The molecular formula is C28H36O4. The van der Waals surface area contributed by atoms with Gasteiger partial charge in [0.05, 0.1) is 6.10 Å². The van der Waals surface area contributed by atoms with Crippen LogP contribution < -0.4 is 4.74 Å². The summed E-state index contributed by atoms with van der Waals surface area (Å²) in [6, 6.07) is 9.49. The Labute approximate surface area is 191 Å². The first-order valence-electron chi connectivity index (χ1n) is 12.2. The van der Waals surface area contributed by atoms with Gasteiger partial charge in [0.25, 0.3) is 0 Å². The summed E-state index contributed by atoms with van der Waals surface area (Å²) in [5, 5.41) is 23.6. The normalized spacial score (nSPS) is 45.3. The Morgan fingerprint density at radius 2 is 1.91 bits per heavy atom. The maximum Gasteiger partial charge on any atom is 0.155 e. The van der Waals surface area contributed by atoms with Gasteiger partial charge in [0, 0.05) is 11.8 Å². The van der Waals surface area contributed by atoms with Crippen molar-refractivity contribution in [3.8, 4) is 5.75 Å². The predicted octanol–water partition coefficient (Wildman–Crippen LogP) is 5.06. The number of carbonyl (C=O) groups is 1. The number of allylic oxidation sites excluding steroid dienone is 1. The molecule has 0 bridgehead atoms. The summed E-state index contributed by atoms with van der Waals surface area (Å²) in [6.45, 7) is 10.8. The Bertz CT molecular complexity index is 967. The van der Waals surface area contributed by atoms with Gasteiger partial charge in [0.1, 0.15) is 17.1 Å². The molecule has 0 amide bonds. The number of ether oxygens (including phenoxy) is 1. The minimum absolute atomic E-state index is 0.127. The molecule has 32 heavy (non-hydrogen) atoms. The molecule has 172 valence electrons. The van der Waals surface area contributed by atoms with Crippen molar-refractivity contribution in [1.29, 1.82) is 0 Å². The van der Waals surface area contributed by atoms with Gasteiger partial charge in [-0.25, -0.2) is 0 Å². The van der Waals surface area contributed by atoms with E-state index in [0.29, 0.717) is 42.6 Å². The fourth-order valence-electron chi connectivity index (χ4n) is 8.30. The summed E-state index contributed by atoms with van der Waals surface area (Å²) in [4.78, 5) is 12.2. The van der Waals surface area contributed by atoms with E-state index in [1.54, 1.807) is 0 Å². The molecule has 0 heterocycles. The van der Waals surface area contributed by atoms with Crippen LogP contribution in [0.15, 0.2) is 54.3 Å². The van der Waals surface area contributed by atoms with E-state index in [1.807, 2.05) is 36.4 Å². The molecule has 0 radical (unpaired) electrons. The van der Waals surface area contributed by atoms with Crippen molar-refractivity contribution < 1.29 is 19.7 Å². The second-order valence-electron chi connectivity index (χ2n) is 11.3. The van der Waals surface area contributed by atoms with E-state index < -0.39 is 17.1 Å². The van der Waals surface area contributed by atoms with Crippen LogP contribution in [0.3, 0.4) is 0 Å². The Hall–Kier alpha value is -1.91. The van der Waals surface area contributed by atoms with E-state index >= 15 is 0 Å². The smallest absolute Gasteiger partial charge is 0.155 e. The van der Waals surface area contributed by atoms with Crippen LogP contribution in [0.1, 0.15) is 59.3 Å². The third-order valence-corrected chi connectivity index (χ3v) is 9.81. The molecule has 4 aliphatic rings. The largest absolute Gasteiger partial charge is 0.459 e. The molecule has 4 heteroatoms. The molecule has 3 fully saturated rings. The van der Waals surface area contributed by atoms with Crippen LogP contribution in [0, 0.1) is 34.5 Å². The summed E-state index contributed by atoms with van der Waals surface area (Å²) in [6.07, 6.45) is 5.72. The number of carbonyl (C=O) groups excluding carboxylic acids is 1. The van der Waals surface area contributed by atoms with Gasteiger partial charge >= 0.3 is 0 Å². The average Bonchev–Trinajstić information content (AvgIpc) is 3.01. The summed E-state index contributed by atoms with van der Waals surface area (Å²) in [5.41, 5.74) is -0.582. The molecule has 1 aromatic carbocycles. The molecule has 4 nitrogen and oxygen atoms in total. The topological polar surface area (TPSA) is 66.8 Å². The molecule has 0 saturated heterocycles. The van der Waals surface area contributed by atoms with Gasteiger partial charge in [-0.3, -0.25) is 4.79 Å². The summed E-state index contributed by atoms with van der Waals surface area (Å²) in [7, 11) is 0. The van der Waals surface area contributed by atoms with Gasteiger partial charge in [0.15, 0.2) is 5.78 Å². The number of rotatable bonds is 3. The van der Waals surface area contributed by atoms with E-state index in [1.165, 1.54) is 5.57 Å². The molecule has 0 aromatic heterocycles. The number of benzene rings is 1. The van der Waals surface area contributed by atoms with Gasteiger partial charge in [0.2, 0.25) is 0 Å². The molecule has 4 aliphatic carbocycles. The molecule has 8 atom stereocenters. The van der Waals surface area contributed by atoms with Crippen molar-refractivity contribution in [3.05, 3.63) is 54.3 Å². The standard InChI is InChI=1S/C28H36O4/c1-17-14-21-22-11-13-28(31,18(2)32-20-8-6-5-7-9-20)27(22,4)16-24(30)25(21)26(3)12-10-19(29)15-23(17)26/h5-9,15,17,21-22,24-25,30-31H,2,10-14,16H2,1,3-4H3/t17-,21-,22-,24-,25+,26-,27-,28-/m0/s1. The lowest BCUT2D eigenvalue weighted by atomic mass is 9.44. The fraction of sp³-hybridized carbons (Fsp3) is 0.607. The number of aliphatic hydroxyl groups excluding tert-OH is 1. The zero-order valence-corrected chi connectivity index (χ0v) is 19.5. The Balaban J connectivity index is 1.49. The van der Waals surface area contributed by atoms with Gasteiger partial charge < -0.3 is 14.9 Å². The van der Waals surface area contributed by atoms with Crippen LogP contribution in [0.25, 0.3) is 0 Å². The van der Waals surface area contributed by atoms with Crippen LogP contribution in [-0.2, 0) is 4.79 Å². The average molecular weight is 437 g/mol. The van der Waals surface area contributed by atoms with E-state index in [-0.39, 0.29) is 23.0 Å². The van der Waals surface area contributed by atoms with Crippen LogP contribution in [0.5, 0.6) is 5.75 Å². The van der Waals surface area contributed by atoms with Crippen LogP contribution in [0.4, 0.5) is 0 Å². The van der Waals surface area contributed by atoms with E-state index in [4.69, 9.17) is 4.74 Å². The van der Waals surface area contributed by atoms with Crippen LogP contribution in [-0.4, -0.2) is 27.7 Å². The minimum atomic E-state index is -1.18. The SMILES string of the molecule is C=C(Oc1ccccc1)[C@@]1(O)CC[C@H]2[C@@H]3C[C@H](C)C4=CC(=O)CC[C@]4(C)[C@H]3[C@@H](O)C[C@@]21C. The van der Waals surface area contributed by atoms with Crippen molar-refractivity contribution in [2.75, 3.05) is 0 Å². The highest BCUT2D eigenvalue weighted by atomic mass is 16.5. The van der Waals surface area contributed by atoms with Gasteiger partial charge in [-0.05, 0) is 79.4 Å². The highest BCUT2D eigenvalue weighted by Crippen LogP contribution is 2.69. The van der Waals surface area contributed by atoms with Gasteiger partial charge in [-0.1, -0.05) is 51.1 Å². The molecule has 0 spiro atoms. The number of para-hydroxylation sites is 1. The number of hydrogen-bond acceptors (Lipinski definition) is 4. The molecule has 3 saturated carbocycles. The second-order valence-corrected chi connectivity index (χ2v) is 11.3. The van der Waals surface area contributed by atoms with E-state index in [9.17, 15) is 15.0 Å². The quantitative estimate of drug-likeness (QED) is 0.650. The summed E-state index contributed by atoms with van der Waals surface area (Å²) in [5.74, 6) is 2.33. The second kappa shape index (κ2) is 7.30. The Kier molecular flexibility index (Phi) is 5.00. The molecule has 0 unspecified atom stereocenters. The van der Waals surface area contributed by atoms with E-state index in [0.717, 1.165) is 19.3 Å². The van der Waals surface area contributed by atoms with Crippen LogP contribution in [0.2, 0.25) is 0 Å². The van der Waals surface area contributed by atoms with Crippen LogP contribution >= 0.6 is 0 Å². The molecule has 2 N–H and O–H groups in total. The number of hydrogen-bond donors (Lipinski definition) is 2. The van der Waals surface area contributed by atoms with Crippen molar-refractivity contribution in [2.45, 2.75) is 71.0 Å². The Morgan fingerprint density at radius 1 is 1.19 bits per heavy atom. The number of ketones is 1. The van der Waals surface area contributed by atoms with E-state index in [2.05, 4.69) is 27.4 Å². The maximum absolute atomic E-state index is 12.2. The first kappa shape index (κ1) is 21.9. The van der Waals surface area contributed by atoms with Gasteiger partial charge in [-0.2, -0.15) is 0 Å². The first-order valence-corrected chi connectivity index (χ1v) is 12.2. The van der Waals surface area contributed by atoms with Crippen molar-refractivity contribution in [1.82, 2.24) is 0 Å². The molecule has 1 aromatic rings. The highest BCUT2D eigenvalue weighted by Gasteiger charge is 2.68. The lowest BCUT2D eigenvalue weighted by Crippen LogP contribution is -2.61. The lowest BCUT2D eigenvalue weighted by molar-refractivity contribution is -0.170. The van der Waals surface area contributed by atoms with Crippen molar-refractivity contribution in [2.24, 2.45) is 34.5 Å². The van der Waals surface area contributed by atoms with Crippen molar-refractivity contribution in [3.63, 3.8) is 0 Å². The third-order valence-electron chi connectivity index (χ3n) is 9.81. The summed E-state index contributed by atoms with van der Waals surface area (Å²) < 4.78 is 6.05. The van der Waals surface area contributed by atoms with Gasteiger partial charge in [-0.15, -0.1) is 0 Å². The highest BCUT2D eigenvalue weighted by molar-refractivity contribution is 5.91. The first-order chi connectivity index (χ1) is 15.1. The predicted molar refractivity (Wildman–Crippen MR) is 124 cm³/mol. The zero-order chi connectivity index (χ0) is 22.9. The summed E-state index contributed by atoms with van der Waals surface area (Å²) >= 11 is 0. The lowest BCUT2D eigenvalue weighted by Gasteiger charge is -2.62. The molecule has 0 aliphatic heterocycles. The minimum Gasteiger partial charge on any atom is -0.459 e. The number of fused-ring (bicyclic) bond motifs is 5. The zero-order valence-electron chi connectivity index (χ0n) is 19.5. The number of aliphatic hydroxyl groups is 2. The van der Waals surface area contributed by atoms with Crippen molar-refractivity contribution >= 4 is 5.78 Å². The molecule has 5 rings (SSSR count). The monoisotopic (exact) mass is 436 g/mol.